The summed E-state index contributed by atoms with van der Waals surface area (Å²) in [4.78, 5) is 0. The van der Waals surface area contributed by atoms with Gasteiger partial charge in [-0.05, 0) is 157 Å². The number of hydrogen-bond donors (Lipinski definition) is 4. The minimum absolute atomic E-state index is 0.104. The largest absolute Gasteiger partial charge is 0.508 e. The number of aliphatic hydroxyl groups is 2. The van der Waals surface area contributed by atoms with Crippen molar-refractivity contribution >= 4 is 0 Å². The highest BCUT2D eigenvalue weighted by Gasteiger charge is 2.56. The molecule has 0 heterocycles. The predicted molar refractivity (Wildman–Crippen MR) is 179 cm³/mol. The first kappa shape index (κ1) is 32.4. The van der Waals surface area contributed by atoms with Gasteiger partial charge in [0.05, 0.1) is 25.4 Å². The fraction of sp³-hybridized carbons (Fsp3) is 0.700. The van der Waals surface area contributed by atoms with Crippen LogP contribution in [-0.2, 0) is 9.47 Å². The topological polar surface area (TPSA) is 99.4 Å². The van der Waals surface area contributed by atoms with Crippen molar-refractivity contribution in [2.45, 2.75) is 114 Å². The van der Waals surface area contributed by atoms with Gasteiger partial charge in [-0.3, -0.25) is 0 Å². The van der Waals surface area contributed by atoms with E-state index in [0.29, 0.717) is 72.1 Å². The minimum atomic E-state index is -0.129. The zero-order valence-electron chi connectivity index (χ0n) is 28.3. The molecule has 4 saturated carbocycles. The molecule has 252 valence electrons. The molecule has 0 spiro atoms. The molecular weight excluding hydrogens is 576 g/mol. The fourth-order valence-electron chi connectivity index (χ4n) is 12.1. The molecule has 46 heavy (non-hydrogen) atoms. The van der Waals surface area contributed by atoms with Crippen molar-refractivity contribution in [3.05, 3.63) is 58.7 Å². The van der Waals surface area contributed by atoms with Gasteiger partial charge in [0.1, 0.15) is 11.5 Å². The van der Waals surface area contributed by atoms with Crippen LogP contribution in [0.1, 0.15) is 124 Å². The molecule has 0 radical (unpaired) electrons. The predicted octanol–water partition coefficient (Wildman–Crippen LogP) is 7.59. The van der Waals surface area contributed by atoms with Crippen LogP contribution in [0.4, 0.5) is 0 Å². The first-order valence-corrected chi connectivity index (χ1v) is 18.1. The summed E-state index contributed by atoms with van der Waals surface area (Å²) in [6.45, 7) is 6.05. The number of hydrogen-bond acceptors (Lipinski definition) is 6. The van der Waals surface area contributed by atoms with E-state index >= 15 is 0 Å². The molecule has 8 rings (SSSR count). The van der Waals surface area contributed by atoms with E-state index in [1.165, 1.54) is 22.3 Å². The Labute approximate surface area is 275 Å². The Kier molecular flexibility index (Phi) is 8.74. The Morgan fingerprint density at radius 3 is 1.41 bits per heavy atom. The van der Waals surface area contributed by atoms with Crippen LogP contribution in [0.3, 0.4) is 0 Å². The van der Waals surface area contributed by atoms with E-state index in [-0.39, 0.29) is 23.0 Å². The van der Waals surface area contributed by atoms with Crippen molar-refractivity contribution in [2.75, 3.05) is 27.4 Å². The zero-order valence-corrected chi connectivity index (χ0v) is 28.3. The third-order valence-electron chi connectivity index (χ3n) is 14.4. The molecule has 6 aliphatic carbocycles. The number of rotatable bonds is 4. The molecule has 2 aromatic rings. The van der Waals surface area contributed by atoms with Gasteiger partial charge in [0.2, 0.25) is 0 Å². The molecule has 0 unspecified atom stereocenters. The van der Waals surface area contributed by atoms with Gasteiger partial charge in [0.15, 0.2) is 0 Å². The maximum atomic E-state index is 10.5. The number of aromatic hydroxyl groups is 2. The molecule has 0 saturated heterocycles. The summed E-state index contributed by atoms with van der Waals surface area (Å²) in [6.07, 6.45) is 10.8. The lowest BCUT2D eigenvalue weighted by molar-refractivity contribution is -0.0273. The maximum absolute atomic E-state index is 10.5. The van der Waals surface area contributed by atoms with Crippen LogP contribution in [-0.4, -0.2) is 60.1 Å². The molecular formula is C40H56O6. The number of benzene rings is 2. The quantitative estimate of drug-likeness (QED) is 0.277. The number of methoxy groups -OCH3 is 2. The van der Waals surface area contributed by atoms with Crippen LogP contribution in [0.5, 0.6) is 11.5 Å². The SMILES string of the molecule is COC[C@@H]1C[C@@H]2[C@H](CC[C@]3(C)[C@@H](O)CC[C@@H]23)c2ccc(O)cc21.COC[C@H]1C[C@@H]2[C@H](CC[C@]3(C)[C@@H](O)CC[C@@H]23)c2ccc(O)cc21. The maximum Gasteiger partial charge on any atom is 0.115 e. The molecule has 0 bridgehead atoms. The van der Waals surface area contributed by atoms with Gasteiger partial charge >= 0.3 is 0 Å². The van der Waals surface area contributed by atoms with Crippen LogP contribution >= 0.6 is 0 Å². The normalized spacial score (nSPS) is 42.0. The van der Waals surface area contributed by atoms with E-state index in [9.17, 15) is 20.4 Å². The molecule has 6 nitrogen and oxygen atoms in total. The number of fused-ring (bicyclic) bond motifs is 10. The van der Waals surface area contributed by atoms with Crippen molar-refractivity contribution in [1.29, 1.82) is 0 Å². The number of aliphatic hydroxyl groups excluding tert-OH is 2. The average molecular weight is 633 g/mol. The molecule has 2 aromatic carbocycles. The first-order chi connectivity index (χ1) is 22.1. The summed E-state index contributed by atoms with van der Waals surface area (Å²) < 4.78 is 11.0. The van der Waals surface area contributed by atoms with Crippen LogP contribution in [0.15, 0.2) is 36.4 Å². The van der Waals surface area contributed by atoms with E-state index in [1.54, 1.807) is 14.2 Å². The van der Waals surface area contributed by atoms with Gasteiger partial charge in [0, 0.05) is 26.1 Å². The lowest BCUT2D eigenvalue weighted by Crippen LogP contribution is -2.44. The zero-order chi connectivity index (χ0) is 32.4. The summed E-state index contributed by atoms with van der Waals surface area (Å²) in [5.41, 5.74) is 5.63. The Morgan fingerprint density at radius 2 is 1.02 bits per heavy atom. The molecule has 12 atom stereocenters. The second kappa shape index (κ2) is 12.4. The van der Waals surface area contributed by atoms with E-state index in [4.69, 9.17) is 9.47 Å². The van der Waals surface area contributed by atoms with Gasteiger partial charge < -0.3 is 29.9 Å². The molecule has 0 amide bonds. The van der Waals surface area contributed by atoms with Gasteiger partial charge in [0.25, 0.3) is 0 Å². The van der Waals surface area contributed by atoms with E-state index in [1.807, 2.05) is 24.3 Å². The standard InChI is InChI=1S/2C20H28O3/c2*1-20-8-7-15-14-4-3-13(21)10-16(14)12(11-23-2)9-17(15)18(20)5-6-19(20)22/h2*3-4,10,12,15,17-19,21-22H,5-9,11H2,1-2H3/t12-,15+,17+,18-,19-,20-;12-,15-,17-,18+,19+,20+/m01/s1. The van der Waals surface area contributed by atoms with E-state index in [0.717, 1.165) is 64.2 Å². The van der Waals surface area contributed by atoms with Gasteiger partial charge in [-0.15, -0.1) is 0 Å². The summed E-state index contributed by atoms with van der Waals surface area (Å²) in [7, 11) is 3.53. The first-order valence-electron chi connectivity index (χ1n) is 18.1. The van der Waals surface area contributed by atoms with E-state index in [2.05, 4.69) is 26.0 Å². The molecule has 6 aliphatic rings. The van der Waals surface area contributed by atoms with Crippen molar-refractivity contribution in [1.82, 2.24) is 0 Å². The highest BCUT2D eigenvalue weighted by Crippen LogP contribution is 2.64. The highest BCUT2D eigenvalue weighted by molar-refractivity contribution is 5.44. The summed E-state index contributed by atoms with van der Waals surface area (Å²) >= 11 is 0. The monoisotopic (exact) mass is 632 g/mol. The molecule has 4 fully saturated rings. The lowest BCUT2D eigenvalue weighted by Gasteiger charge is -2.51. The Balaban J connectivity index is 0.000000147. The van der Waals surface area contributed by atoms with E-state index < -0.39 is 0 Å². The number of ether oxygens (including phenoxy) is 2. The highest BCUT2D eigenvalue weighted by atomic mass is 16.5. The van der Waals surface area contributed by atoms with Crippen LogP contribution in [0.2, 0.25) is 0 Å². The molecule has 4 N–H and O–H groups in total. The van der Waals surface area contributed by atoms with Crippen molar-refractivity contribution in [2.24, 2.45) is 34.5 Å². The molecule has 0 aliphatic heterocycles. The summed E-state index contributed by atoms with van der Waals surface area (Å²) in [6, 6.07) is 11.8. The van der Waals surface area contributed by atoms with Crippen molar-refractivity contribution < 1.29 is 29.9 Å². The molecule has 6 heteroatoms. The van der Waals surface area contributed by atoms with Crippen LogP contribution < -0.4 is 0 Å². The number of phenols is 2. The summed E-state index contributed by atoms with van der Waals surface area (Å²) in [5.74, 6) is 5.15. The Bertz CT molecular complexity index is 1300. The number of phenolic OH excluding ortho intramolecular Hbond substituents is 2. The fourth-order valence-corrected chi connectivity index (χ4v) is 12.1. The second-order valence-corrected chi connectivity index (χ2v) is 16.4. The Hall–Kier alpha value is -2.12. The summed E-state index contributed by atoms with van der Waals surface area (Å²) in [5, 5.41) is 40.9. The van der Waals surface area contributed by atoms with Crippen molar-refractivity contribution in [3.8, 4) is 11.5 Å². The Morgan fingerprint density at radius 1 is 0.609 bits per heavy atom. The minimum Gasteiger partial charge on any atom is -0.508 e. The van der Waals surface area contributed by atoms with Crippen LogP contribution in [0, 0.1) is 34.5 Å². The third-order valence-corrected chi connectivity index (χ3v) is 14.4. The van der Waals surface area contributed by atoms with Gasteiger partial charge in [-0.2, -0.15) is 0 Å². The smallest absolute Gasteiger partial charge is 0.115 e. The lowest BCUT2D eigenvalue weighted by atomic mass is 9.54. The van der Waals surface area contributed by atoms with Gasteiger partial charge in [-0.1, -0.05) is 26.0 Å². The van der Waals surface area contributed by atoms with Gasteiger partial charge in [-0.25, -0.2) is 0 Å². The van der Waals surface area contributed by atoms with Crippen LogP contribution in [0.25, 0.3) is 0 Å². The molecule has 0 aromatic heterocycles. The van der Waals surface area contributed by atoms with Crippen molar-refractivity contribution in [3.63, 3.8) is 0 Å². The third kappa shape index (κ3) is 5.21. The second-order valence-electron chi connectivity index (χ2n) is 16.4. The average Bonchev–Trinajstić information content (AvgIpc) is 3.52.